The molecular formula is C15H21NO4. The average molecular weight is 279 g/mol. The van der Waals surface area contributed by atoms with Crippen LogP contribution in [-0.2, 0) is 4.79 Å². The number of hydrogen-bond acceptors (Lipinski definition) is 4. The van der Waals surface area contributed by atoms with Crippen LogP contribution in [0.4, 0.5) is 0 Å². The molecule has 20 heavy (non-hydrogen) atoms. The normalized spacial score (nSPS) is 14.4. The van der Waals surface area contributed by atoms with Gasteiger partial charge < -0.3 is 14.9 Å². The Kier molecular flexibility index (Phi) is 5.24. The highest BCUT2D eigenvalue weighted by molar-refractivity contribution is 5.66. The molecule has 5 heteroatoms. The fraction of sp³-hybridized carbons (Fsp3) is 0.533. The number of benzene rings is 1. The number of phenols is 1. The van der Waals surface area contributed by atoms with Gasteiger partial charge in [0.1, 0.15) is 18.1 Å². The van der Waals surface area contributed by atoms with Crippen LogP contribution in [0.15, 0.2) is 24.3 Å². The Hall–Kier alpha value is -1.75. The van der Waals surface area contributed by atoms with E-state index in [2.05, 4.69) is 4.90 Å². The van der Waals surface area contributed by atoms with E-state index in [1.807, 2.05) is 0 Å². The number of aromatic hydroxyl groups is 1. The number of rotatable bonds is 9. The topological polar surface area (TPSA) is 70.0 Å². The lowest BCUT2D eigenvalue weighted by Gasteiger charge is -2.21. The zero-order valence-electron chi connectivity index (χ0n) is 11.5. The number of aliphatic carboxylic acids is 1. The quantitative estimate of drug-likeness (QED) is 0.723. The van der Waals surface area contributed by atoms with Crippen molar-refractivity contribution >= 4 is 5.97 Å². The van der Waals surface area contributed by atoms with Crippen LogP contribution in [0.3, 0.4) is 0 Å². The molecule has 0 bridgehead atoms. The van der Waals surface area contributed by atoms with Crippen molar-refractivity contribution in [2.45, 2.75) is 19.3 Å². The van der Waals surface area contributed by atoms with Gasteiger partial charge in [0.2, 0.25) is 0 Å². The predicted molar refractivity (Wildman–Crippen MR) is 75.0 cm³/mol. The van der Waals surface area contributed by atoms with Crippen molar-refractivity contribution in [1.29, 1.82) is 0 Å². The van der Waals surface area contributed by atoms with Gasteiger partial charge in [-0.05, 0) is 43.0 Å². The van der Waals surface area contributed by atoms with Gasteiger partial charge in [-0.3, -0.25) is 9.69 Å². The van der Waals surface area contributed by atoms with E-state index in [0.29, 0.717) is 18.9 Å². The minimum Gasteiger partial charge on any atom is -0.508 e. The number of hydrogen-bond donors (Lipinski definition) is 2. The van der Waals surface area contributed by atoms with Crippen LogP contribution >= 0.6 is 0 Å². The zero-order chi connectivity index (χ0) is 14.4. The molecule has 1 aliphatic rings. The third-order valence-electron chi connectivity index (χ3n) is 3.37. The van der Waals surface area contributed by atoms with Gasteiger partial charge in [-0.25, -0.2) is 0 Å². The summed E-state index contributed by atoms with van der Waals surface area (Å²) in [5, 5.41) is 17.9. The second-order valence-electron chi connectivity index (χ2n) is 5.23. The SMILES string of the molecule is O=C(O)CCN(CCOc1ccc(O)cc1)CC1CC1. The molecule has 0 radical (unpaired) electrons. The van der Waals surface area contributed by atoms with Crippen molar-refractivity contribution in [2.75, 3.05) is 26.2 Å². The second-order valence-corrected chi connectivity index (χ2v) is 5.23. The van der Waals surface area contributed by atoms with Crippen LogP contribution in [0.2, 0.25) is 0 Å². The Bertz CT molecular complexity index is 428. The molecule has 0 unspecified atom stereocenters. The van der Waals surface area contributed by atoms with E-state index in [1.165, 1.54) is 12.8 Å². The monoisotopic (exact) mass is 279 g/mol. The molecule has 1 aliphatic carbocycles. The standard InChI is InChI=1S/C15H21NO4/c17-13-3-5-14(6-4-13)20-10-9-16(8-7-15(18)19)11-12-1-2-12/h3-6,12,17H,1-2,7-11H2,(H,18,19). The minimum absolute atomic E-state index is 0.173. The van der Waals surface area contributed by atoms with Crippen molar-refractivity contribution < 1.29 is 19.7 Å². The third-order valence-corrected chi connectivity index (χ3v) is 3.37. The van der Waals surface area contributed by atoms with E-state index < -0.39 is 5.97 Å². The fourth-order valence-corrected chi connectivity index (χ4v) is 2.05. The van der Waals surface area contributed by atoms with Crippen molar-refractivity contribution in [3.63, 3.8) is 0 Å². The first-order valence-electron chi connectivity index (χ1n) is 6.99. The molecule has 0 aromatic heterocycles. The molecule has 5 nitrogen and oxygen atoms in total. The Morgan fingerprint density at radius 1 is 1.25 bits per heavy atom. The number of phenolic OH excluding ortho intramolecular Hbond substituents is 1. The Labute approximate surface area is 118 Å². The lowest BCUT2D eigenvalue weighted by molar-refractivity contribution is -0.137. The molecule has 1 saturated carbocycles. The first kappa shape index (κ1) is 14.7. The molecule has 1 aromatic carbocycles. The van der Waals surface area contributed by atoms with E-state index in [0.717, 1.165) is 19.0 Å². The zero-order valence-corrected chi connectivity index (χ0v) is 11.5. The van der Waals surface area contributed by atoms with Gasteiger partial charge in [0.25, 0.3) is 0 Å². The van der Waals surface area contributed by atoms with Crippen molar-refractivity contribution in [3.8, 4) is 11.5 Å². The van der Waals surface area contributed by atoms with Gasteiger partial charge in [-0.1, -0.05) is 0 Å². The maximum Gasteiger partial charge on any atom is 0.304 e. The molecule has 0 heterocycles. The largest absolute Gasteiger partial charge is 0.508 e. The summed E-state index contributed by atoms with van der Waals surface area (Å²) in [6.45, 7) is 2.79. The number of ether oxygens (including phenoxy) is 1. The molecule has 0 aliphatic heterocycles. The minimum atomic E-state index is -0.759. The van der Waals surface area contributed by atoms with Gasteiger partial charge in [0, 0.05) is 19.6 Å². The van der Waals surface area contributed by atoms with Gasteiger partial charge in [0.15, 0.2) is 0 Å². The number of nitrogens with zero attached hydrogens (tertiary/aromatic N) is 1. The van der Waals surface area contributed by atoms with Gasteiger partial charge >= 0.3 is 5.97 Å². The molecule has 0 atom stereocenters. The summed E-state index contributed by atoms with van der Waals surface area (Å²) in [5.41, 5.74) is 0. The van der Waals surface area contributed by atoms with E-state index in [9.17, 15) is 9.90 Å². The smallest absolute Gasteiger partial charge is 0.304 e. The Morgan fingerprint density at radius 2 is 1.95 bits per heavy atom. The van der Waals surface area contributed by atoms with Crippen LogP contribution in [0.5, 0.6) is 11.5 Å². The molecule has 2 rings (SSSR count). The molecule has 0 spiro atoms. The first-order chi connectivity index (χ1) is 9.63. The van der Waals surface area contributed by atoms with Crippen LogP contribution < -0.4 is 4.74 Å². The molecule has 2 N–H and O–H groups in total. The lowest BCUT2D eigenvalue weighted by atomic mass is 10.3. The average Bonchev–Trinajstić information content (AvgIpc) is 3.22. The van der Waals surface area contributed by atoms with E-state index in [1.54, 1.807) is 24.3 Å². The van der Waals surface area contributed by atoms with E-state index in [-0.39, 0.29) is 12.2 Å². The van der Waals surface area contributed by atoms with Crippen molar-refractivity contribution in [2.24, 2.45) is 5.92 Å². The Morgan fingerprint density at radius 3 is 2.55 bits per heavy atom. The molecule has 0 amide bonds. The first-order valence-corrected chi connectivity index (χ1v) is 6.99. The van der Waals surface area contributed by atoms with Crippen LogP contribution in [0, 0.1) is 5.92 Å². The highest BCUT2D eigenvalue weighted by Gasteiger charge is 2.24. The number of carboxylic acid groups (broad SMARTS) is 1. The third kappa shape index (κ3) is 5.48. The van der Waals surface area contributed by atoms with Crippen molar-refractivity contribution in [3.05, 3.63) is 24.3 Å². The maximum atomic E-state index is 10.7. The summed E-state index contributed by atoms with van der Waals surface area (Å²) in [6.07, 6.45) is 2.68. The highest BCUT2D eigenvalue weighted by Crippen LogP contribution is 2.29. The molecule has 1 aromatic rings. The van der Waals surface area contributed by atoms with E-state index >= 15 is 0 Å². The molecule has 0 saturated heterocycles. The molecule has 1 fully saturated rings. The summed E-state index contributed by atoms with van der Waals surface area (Å²) in [7, 11) is 0. The summed E-state index contributed by atoms with van der Waals surface area (Å²) < 4.78 is 5.60. The number of carboxylic acids is 1. The number of carbonyl (C=O) groups is 1. The van der Waals surface area contributed by atoms with Crippen LogP contribution in [0.1, 0.15) is 19.3 Å². The summed E-state index contributed by atoms with van der Waals surface area (Å²) >= 11 is 0. The maximum absolute atomic E-state index is 10.7. The van der Waals surface area contributed by atoms with Crippen molar-refractivity contribution in [1.82, 2.24) is 4.90 Å². The Balaban J connectivity index is 1.72. The van der Waals surface area contributed by atoms with Crippen LogP contribution in [0.25, 0.3) is 0 Å². The van der Waals surface area contributed by atoms with Gasteiger partial charge in [-0.2, -0.15) is 0 Å². The second kappa shape index (κ2) is 7.14. The van der Waals surface area contributed by atoms with Gasteiger partial charge in [0.05, 0.1) is 6.42 Å². The van der Waals surface area contributed by atoms with Gasteiger partial charge in [-0.15, -0.1) is 0 Å². The summed E-state index contributed by atoms with van der Waals surface area (Å²) in [5.74, 6) is 0.907. The summed E-state index contributed by atoms with van der Waals surface area (Å²) in [4.78, 5) is 12.8. The highest BCUT2D eigenvalue weighted by atomic mass is 16.5. The molecule has 110 valence electrons. The predicted octanol–water partition coefficient (Wildman–Crippen LogP) is 1.96. The lowest BCUT2D eigenvalue weighted by Crippen LogP contribution is -2.32. The van der Waals surface area contributed by atoms with Crippen LogP contribution in [-0.4, -0.2) is 47.3 Å². The summed E-state index contributed by atoms with van der Waals surface area (Å²) in [6, 6.07) is 6.61. The molecular weight excluding hydrogens is 258 g/mol. The fourth-order valence-electron chi connectivity index (χ4n) is 2.05. The van der Waals surface area contributed by atoms with E-state index in [4.69, 9.17) is 9.84 Å².